The summed E-state index contributed by atoms with van der Waals surface area (Å²) in [5.74, 6) is 0. The maximum absolute atomic E-state index is 10.3. The predicted molar refractivity (Wildman–Crippen MR) is 61.6 cm³/mol. The van der Waals surface area contributed by atoms with Crippen LogP contribution in [-0.2, 0) is 5.60 Å². The fourth-order valence-corrected chi connectivity index (χ4v) is 1.76. The molecule has 1 aromatic carbocycles. The minimum absolute atomic E-state index is 0.695. The molecule has 2 nitrogen and oxygen atoms in total. The molecular weight excluding hydrogens is 186 g/mol. The van der Waals surface area contributed by atoms with Crippen molar-refractivity contribution < 1.29 is 5.11 Å². The van der Waals surface area contributed by atoms with Crippen molar-refractivity contribution in [2.45, 2.75) is 25.9 Å². The Morgan fingerprint density at radius 2 is 2.00 bits per heavy atom. The van der Waals surface area contributed by atoms with E-state index < -0.39 is 5.60 Å². The molecule has 1 heterocycles. The third kappa shape index (κ3) is 1.73. The lowest BCUT2D eigenvalue weighted by atomic mass is 9.91. The molecule has 1 unspecified atom stereocenters. The predicted octanol–water partition coefficient (Wildman–Crippen LogP) is 2.85. The summed E-state index contributed by atoms with van der Waals surface area (Å²) in [5.41, 5.74) is 1.11. The summed E-state index contributed by atoms with van der Waals surface area (Å²) in [6, 6.07) is 9.79. The zero-order valence-corrected chi connectivity index (χ0v) is 9.07. The number of pyridine rings is 1. The van der Waals surface area contributed by atoms with Gasteiger partial charge >= 0.3 is 0 Å². The van der Waals surface area contributed by atoms with Gasteiger partial charge in [-0.1, -0.05) is 25.1 Å². The Hall–Kier alpha value is -1.41. The molecule has 0 aliphatic heterocycles. The maximum Gasteiger partial charge on any atom is 0.0873 e. The van der Waals surface area contributed by atoms with Gasteiger partial charge in [0.15, 0.2) is 0 Å². The molecule has 78 valence electrons. The van der Waals surface area contributed by atoms with Crippen LogP contribution in [0.5, 0.6) is 0 Å². The first-order chi connectivity index (χ1) is 7.15. The van der Waals surface area contributed by atoms with Gasteiger partial charge < -0.3 is 5.11 Å². The van der Waals surface area contributed by atoms with Gasteiger partial charge in [0.1, 0.15) is 0 Å². The first-order valence-corrected chi connectivity index (χ1v) is 5.22. The molecule has 0 fully saturated rings. The average Bonchev–Trinajstić information content (AvgIpc) is 2.28. The minimum Gasteiger partial charge on any atom is -0.385 e. The summed E-state index contributed by atoms with van der Waals surface area (Å²) < 4.78 is 0. The average molecular weight is 201 g/mol. The normalized spacial score (nSPS) is 15.1. The highest BCUT2D eigenvalue weighted by Crippen LogP contribution is 2.29. The second-order valence-corrected chi connectivity index (χ2v) is 4.00. The van der Waals surface area contributed by atoms with E-state index in [9.17, 15) is 5.11 Å². The smallest absolute Gasteiger partial charge is 0.0873 e. The largest absolute Gasteiger partial charge is 0.385 e. The van der Waals surface area contributed by atoms with Crippen LogP contribution in [0, 0.1) is 0 Å². The van der Waals surface area contributed by atoms with Crippen LogP contribution in [-0.4, -0.2) is 10.1 Å². The summed E-state index contributed by atoms with van der Waals surface area (Å²) in [4.78, 5) is 4.28. The summed E-state index contributed by atoms with van der Waals surface area (Å²) in [7, 11) is 0. The van der Waals surface area contributed by atoms with Crippen LogP contribution in [0.25, 0.3) is 10.9 Å². The van der Waals surface area contributed by atoms with Gasteiger partial charge in [-0.2, -0.15) is 0 Å². The molecule has 2 aromatic rings. The highest BCUT2D eigenvalue weighted by Gasteiger charge is 2.22. The Morgan fingerprint density at radius 3 is 2.73 bits per heavy atom. The topological polar surface area (TPSA) is 33.1 Å². The molecule has 15 heavy (non-hydrogen) atoms. The van der Waals surface area contributed by atoms with Gasteiger partial charge in [-0.05, 0) is 31.0 Å². The second kappa shape index (κ2) is 3.63. The Balaban J connectivity index is 2.71. The monoisotopic (exact) mass is 201 g/mol. The van der Waals surface area contributed by atoms with Gasteiger partial charge in [0.2, 0.25) is 0 Å². The van der Waals surface area contributed by atoms with Gasteiger partial charge in [-0.15, -0.1) is 0 Å². The number of hydrogen-bond donors (Lipinski definition) is 1. The van der Waals surface area contributed by atoms with E-state index in [0.717, 1.165) is 16.5 Å². The van der Waals surface area contributed by atoms with Gasteiger partial charge in [0.25, 0.3) is 0 Å². The molecule has 0 amide bonds. The van der Waals surface area contributed by atoms with Crippen LogP contribution in [0.3, 0.4) is 0 Å². The third-order valence-corrected chi connectivity index (χ3v) is 2.92. The van der Waals surface area contributed by atoms with Gasteiger partial charge in [0.05, 0.1) is 11.1 Å². The lowest BCUT2D eigenvalue weighted by molar-refractivity contribution is 0.0546. The van der Waals surface area contributed by atoms with Crippen LogP contribution >= 0.6 is 0 Å². The Morgan fingerprint density at radius 1 is 1.27 bits per heavy atom. The summed E-state index contributed by atoms with van der Waals surface area (Å²) >= 11 is 0. The molecule has 0 saturated carbocycles. The van der Waals surface area contributed by atoms with Crippen LogP contribution in [0.15, 0.2) is 36.5 Å². The number of hydrogen-bond acceptors (Lipinski definition) is 2. The van der Waals surface area contributed by atoms with E-state index in [2.05, 4.69) is 4.98 Å². The van der Waals surface area contributed by atoms with Crippen molar-refractivity contribution in [2.75, 3.05) is 0 Å². The molecule has 0 saturated heterocycles. The number of aromatic nitrogens is 1. The van der Waals surface area contributed by atoms with Crippen molar-refractivity contribution >= 4 is 10.9 Å². The van der Waals surface area contributed by atoms with Crippen molar-refractivity contribution in [3.63, 3.8) is 0 Å². The molecule has 0 bridgehead atoms. The first kappa shape index (κ1) is 10.1. The molecule has 1 atom stereocenters. The van der Waals surface area contributed by atoms with Gasteiger partial charge in [0, 0.05) is 11.6 Å². The zero-order chi connectivity index (χ0) is 10.9. The zero-order valence-electron chi connectivity index (χ0n) is 9.07. The molecule has 0 aliphatic rings. The van der Waals surface area contributed by atoms with Crippen molar-refractivity contribution in [3.8, 4) is 0 Å². The summed E-state index contributed by atoms with van der Waals surface area (Å²) in [6.07, 6.45) is 2.45. The molecule has 0 spiro atoms. The number of rotatable bonds is 2. The van der Waals surface area contributed by atoms with Crippen molar-refractivity contribution in [3.05, 3.63) is 42.1 Å². The quantitative estimate of drug-likeness (QED) is 0.810. The maximum atomic E-state index is 10.3. The first-order valence-electron chi connectivity index (χ1n) is 5.22. The molecule has 1 N–H and O–H groups in total. The fraction of sp³-hybridized carbons (Fsp3) is 0.308. The Bertz CT molecular complexity index is 471. The number of para-hydroxylation sites is 1. The van der Waals surface area contributed by atoms with Gasteiger partial charge in [-0.3, -0.25) is 4.98 Å². The number of benzene rings is 1. The van der Waals surface area contributed by atoms with Crippen LogP contribution < -0.4 is 0 Å². The summed E-state index contributed by atoms with van der Waals surface area (Å²) in [5, 5.41) is 11.3. The molecule has 1 aromatic heterocycles. The lowest BCUT2D eigenvalue weighted by Gasteiger charge is -2.23. The van der Waals surface area contributed by atoms with Crippen molar-refractivity contribution in [2.24, 2.45) is 0 Å². The third-order valence-electron chi connectivity index (χ3n) is 2.92. The summed E-state index contributed by atoms with van der Waals surface area (Å²) in [6.45, 7) is 3.82. The standard InChI is InChI=1S/C13H15NO/c1-3-13(2,15)11-8-9-14-12-7-5-4-6-10(11)12/h4-9,15H,3H2,1-2H3. The molecule has 0 aliphatic carbocycles. The molecular formula is C13H15NO. The Labute approximate surface area is 89.6 Å². The number of aliphatic hydroxyl groups is 1. The minimum atomic E-state index is -0.775. The van der Waals surface area contributed by atoms with E-state index in [-0.39, 0.29) is 0 Å². The van der Waals surface area contributed by atoms with E-state index in [0.29, 0.717) is 6.42 Å². The highest BCUT2D eigenvalue weighted by atomic mass is 16.3. The van der Waals surface area contributed by atoms with Gasteiger partial charge in [-0.25, -0.2) is 0 Å². The van der Waals surface area contributed by atoms with E-state index in [1.165, 1.54) is 0 Å². The van der Waals surface area contributed by atoms with Crippen LogP contribution in [0.2, 0.25) is 0 Å². The van der Waals surface area contributed by atoms with Crippen LogP contribution in [0.4, 0.5) is 0 Å². The molecule has 2 heteroatoms. The van der Waals surface area contributed by atoms with Crippen molar-refractivity contribution in [1.82, 2.24) is 4.98 Å². The van der Waals surface area contributed by atoms with Crippen LogP contribution in [0.1, 0.15) is 25.8 Å². The number of fused-ring (bicyclic) bond motifs is 1. The number of nitrogens with zero attached hydrogens (tertiary/aromatic N) is 1. The molecule has 2 rings (SSSR count). The Kier molecular flexibility index (Phi) is 2.45. The lowest BCUT2D eigenvalue weighted by Crippen LogP contribution is -2.20. The van der Waals surface area contributed by atoms with E-state index in [1.54, 1.807) is 6.20 Å². The van der Waals surface area contributed by atoms with Crippen molar-refractivity contribution in [1.29, 1.82) is 0 Å². The van der Waals surface area contributed by atoms with E-state index in [4.69, 9.17) is 0 Å². The molecule has 0 radical (unpaired) electrons. The second-order valence-electron chi connectivity index (χ2n) is 4.00. The highest BCUT2D eigenvalue weighted by molar-refractivity contribution is 5.82. The SMILES string of the molecule is CCC(C)(O)c1ccnc2ccccc12. The van der Waals surface area contributed by atoms with E-state index in [1.807, 2.05) is 44.2 Å². The fourth-order valence-electron chi connectivity index (χ4n) is 1.76. The van der Waals surface area contributed by atoms with E-state index >= 15 is 0 Å².